The SMILES string of the molecule is O=C(Nc1ccccc1)c1ccnc(C(=O)c2ccccc2)c1. The Morgan fingerprint density at radius 2 is 1.43 bits per heavy atom. The van der Waals surface area contributed by atoms with Gasteiger partial charge in [0.2, 0.25) is 5.78 Å². The normalized spacial score (nSPS) is 10.1. The Bertz CT molecular complexity index is 830. The van der Waals surface area contributed by atoms with E-state index in [0.717, 1.165) is 0 Å². The Kier molecular flexibility index (Phi) is 4.25. The number of hydrogen-bond donors (Lipinski definition) is 1. The molecule has 0 saturated heterocycles. The zero-order valence-electron chi connectivity index (χ0n) is 12.3. The summed E-state index contributed by atoms with van der Waals surface area (Å²) in [6.07, 6.45) is 1.47. The molecule has 0 atom stereocenters. The second-order valence-electron chi connectivity index (χ2n) is 4.95. The van der Waals surface area contributed by atoms with Gasteiger partial charge in [0, 0.05) is 23.0 Å². The third kappa shape index (κ3) is 3.49. The van der Waals surface area contributed by atoms with E-state index in [2.05, 4.69) is 10.3 Å². The molecule has 1 aromatic heterocycles. The smallest absolute Gasteiger partial charge is 0.255 e. The van der Waals surface area contributed by atoms with E-state index < -0.39 is 0 Å². The van der Waals surface area contributed by atoms with Gasteiger partial charge in [-0.3, -0.25) is 14.6 Å². The fourth-order valence-corrected chi connectivity index (χ4v) is 2.16. The van der Waals surface area contributed by atoms with E-state index in [9.17, 15) is 9.59 Å². The number of nitrogens with zero attached hydrogens (tertiary/aromatic N) is 1. The Morgan fingerprint density at radius 3 is 2.13 bits per heavy atom. The quantitative estimate of drug-likeness (QED) is 0.750. The molecule has 0 radical (unpaired) electrons. The second kappa shape index (κ2) is 6.66. The number of para-hydroxylation sites is 1. The van der Waals surface area contributed by atoms with Crippen LogP contribution in [0, 0.1) is 0 Å². The lowest BCUT2D eigenvalue weighted by Crippen LogP contribution is -2.13. The first-order chi connectivity index (χ1) is 11.2. The zero-order valence-corrected chi connectivity index (χ0v) is 12.3. The number of carbonyl (C=O) groups excluding carboxylic acids is 2. The van der Waals surface area contributed by atoms with Gasteiger partial charge in [0.1, 0.15) is 5.69 Å². The molecule has 1 heterocycles. The molecule has 0 aliphatic rings. The van der Waals surface area contributed by atoms with E-state index in [-0.39, 0.29) is 17.4 Å². The Balaban J connectivity index is 1.82. The molecule has 1 amide bonds. The highest BCUT2D eigenvalue weighted by Gasteiger charge is 2.13. The monoisotopic (exact) mass is 302 g/mol. The minimum atomic E-state index is -0.277. The number of nitrogens with one attached hydrogen (secondary N) is 1. The predicted molar refractivity (Wildman–Crippen MR) is 88.5 cm³/mol. The maximum absolute atomic E-state index is 12.4. The van der Waals surface area contributed by atoms with E-state index in [1.807, 2.05) is 24.3 Å². The maximum Gasteiger partial charge on any atom is 0.255 e. The van der Waals surface area contributed by atoms with Gasteiger partial charge in [-0.05, 0) is 24.3 Å². The molecule has 1 N–H and O–H groups in total. The average Bonchev–Trinajstić information content (AvgIpc) is 2.63. The van der Waals surface area contributed by atoms with Crippen LogP contribution in [0.3, 0.4) is 0 Å². The van der Waals surface area contributed by atoms with Crippen molar-refractivity contribution in [2.24, 2.45) is 0 Å². The summed E-state index contributed by atoms with van der Waals surface area (Å²) in [6.45, 7) is 0. The highest BCUT2D eigenvalue weighted by atomic mass is 16.1. The van der Waals surface area contributed by atoms with Gasteiger partial charge < -0.3 is 5.32 Å². The highest BCUT2D eigenvalue weighted by Crippen LogP contribution is 2.12. The molecule has 0 aliphatic carbocycles. The van der Waals surface area contributed by atoms with E-state index in [1.54, 1.807) is 42.5 Å². The summed E-state index contributed by atoms with van der Waals surface area (Å²) in [5.41, 5.74) is 1.88. The van der Waals surface area contributed by atoms with E-state index in [1.165, 1.54) is 12.3 Å². The molecule has 112 valence electrons. The Morgan fingerprint density at radius 1 is 0.783 bits per heavy atom. The molecule has 4 heteroatoms. The molecule has 0 bridgehead atoms. The van der Waals surface area contributed by atoms with Crippen molar-refractivity contribution >= 4 is 17.4 Å². The number of aromatic nitrogens is 1. The Hall–Kier alpha value is -3.27. The van der Waals surface area contributed by atoms with E-state index in [0.29, 0.717) is 16.8 Å². The van der Waals surface area contributed by atoms with Crippen LogP contribution in [0.1, 0.15) is 26.4 Å². The molecule has 3 rings (SSSR count). The van der Waals surface area contributed by atoms with Crippen molar-refractivity contribution in [2.45, 2.75) is 0 Å². The van der Waals surface area contributed by atoms with Gasteiger partial charge in [-0.15, -0.1) is 0 Å². The molecule has 2 aromatic carbocycles. The van der Waals surface area contributed by atoms with Crippen LogP contribution in [-0.4, -0.2) is 16.7 Å². The molecular weight excluding hydrogens is 288 g/mol. The topological polar surface area (TPSA) is 59.1 Å². The van der Waals surface area contributed by atoms with Crippen molar-refractivity contribution in [1.82, 2.24) is 4.98 Å². The number of amides is 1. The summed E-state index contributed by atoms with van der Waals surface area (Å²) >= 11 is 0. The van der Waals surface area contributed by atoms with Gasteiger partial charge in [0.15, 0.2) is 0 Å². The first kappa shape index (κ1) is 14.7. The van der Waals surface area contributed by atoms with Gasteiger partial charge in [-0.2, -0.15) is 0 Å². The number of anilines is 1. The summed E-state index contributed by atoms with van der Waals surface area (Å²) in [7, 11) is 0. The molecule has 0 saturated carbocycles. The van der Waals surface area contributed by atoms with Crippen LogP contribution in [-0.2, 0) is 0 Å². The van der Waals surface area contributed by atoms with Crippen LogP contribution in [0.25, 0.3) is 0 Å². The van der Waals surface area contributed by atoms with Gasteiger partial charge in [0.05, 0.1) is 0 Å². The summed E-state index contributed by atoms with van der Waals surface area (Å²) in [4.78, 5) is 28.7. The van der Waals surface area contributed by atoms with Crippen molar-refractivity contribution in [3.05, 3.63) is 95.8 Å². The number of hydrogen-bond acceptors (Lipinski definition) is 3. The molecular formula is C19H14N2O2. The lowest BCUT2D eigenvalue weighted by Gasteiger charge is -2.06. The van der Waals surface area contributed by atoms with Gasteiger partial charge >= 0.3 is 0 Å². The lowest BCUT2D eigenvalue weighted by atomic mass is 10.1. The fourth-order valence-electron chi connectivity index (χ4n) is 2.16. The largest absolute Gasteiger partial charge is 0.322 e. The van der Waals surface area contributed by atoms with Crippen LogP contribution in [0.5, 0.6) is 0 Å². The van der Waals surface area contributed by atoms with Crippen LogP contribution in [0.15, 0.2) is 79.0 Å². The molecule has 0 aliphatic heterocycles. The molecule has 3 aromatic rings. The molecule has 0 unspecified atom stereocenters. The van der Waals surface area contributed by atoms with Crippen molar-refractivity contribution in [3.63, 3.8) is 0 Å². The third-order valence-corrected chi connectivity index (χ3v) is 3.32. The van der Waals surface area contributed by atoms with Crippen molar-refractivity contribution in [3.8, 4) is 0 Å². The first-order valence-corrected chi connectivity index (χ1v) is 7.16. The zero-order chi connectivity index (χ0) is 16.1. The predicted octanol–water partition coefficient (Wildman–Crippen LogP) is 3.56. The minimum Gasteiger partial charge on any atom is -0.322 e. The van der Waals surface area contributed by atoms with Gasteiger partial charge in [0.25, 0.3) is 5.91 Å². The van der Waals surface area contributed by atoms with Crippen LogP contribution >= 0.6 is 0 Å². The summed E-state index contributed by atoms with van der Waals surface area (Å²) in [5, 5.41) is 2.79. The first-order valence-electron chi connectivity index (χ1n) is 7.16. The summed E-state index contributed by atoms with van der Waals surface area (Å²) < 4.78 is 0. The summed E-state index contributed by atoms with van der Waals surface area (Å²) in [5.74, 6) is -0.485. The number of pyridine rings is 1. The standard InChI is InChI=1S/C19H14N2O2/c22-18(14-7-3-1-4-8-14)17-13-15(11-12-20-17)19(23)21-16-9-5-2-6-10-16/h1-13H,(H,21,23). The van der Waals surface area contributed by atoms with Crippen LogP contribution in [0.2, 0.25) is 0 Å². The Labute approximate surface area is 133 Å². The average molecular weight is 302 g/mol. The van der Waals surface area contributed by atoms with Crippen molar-refractivity contribution < 1.29 is 9.59 Å². The molecule has 4 nitrogen and oxygen atoms in total. The highest BCUT2D eigenvalue weighted by molar-refractivity contribution is 6.10. The van der Waals surface area contributed by atoms with Crippen LogP contribution in [0.4, 0.5) is 5.69 Å². The summed E-state index contributed by atoms with van der Waals surface area (Å²) in [6, 6.07) is 21.1. The van der Waals surface area contributed by atoms with Gasteiger partial charge in [-0.1, -0.05) is 48.5 Å². The number of carbonyl (C=O) groups is 2. The van der Waals surface area contributed by atoms with Crippen LogP contribution < -0.4 is 5.32 Å². The van der Waals surface area contributed by atoms with Crippen molar-refractivity contribution in [2.75, 3.05) is 5.32 Å². The number of ketones is 1. The van der Waals surface area contributed by atoms with E-state index in [4.69, 9.17) is 0 Å². The maximum atomic E-state index is 12.4. The number of rotatable bonds is 4. The third-order valence-electron chi connectivity index (χ3n) is 3.32. The van der Waals surface area contributed by atoms with Gasteiger partial charge in [-0.25, -0.2) is 0 Å². The second-order valence-corrected chi connectivity index (χ2v) is 4.95. The fraction of sp³-hybridized carbons (Fsp3) is 0. The lowest BCUT2D eigenvalue weighted by molar-refractivity contribution is 0.102. The molecule has 0 spiro atoms. The number of benzene rings is 2. The van der Waals surface area contributed by atoms with E-state index >= 15 is 0 Å². The van der Waals surface area contributed by atoms with Crippen molar-refractivity contribution in [1.29, 1.82) is 0 Å². The molecule has 23 heavy (non-hydrogen) atoms. The molecule has 0 fully saturated rings. The minimum absolute atomic E-state index is 0.208.